The van der Waals surface area contributed by atoms with E-state index in [-0.39, 0.29) is 5.96 Å². The lowest BCUT2D eigenvalue weighted by Gasteiger charge is -2.04. The van der Waals surface area contributed by atoms with Gasteiger partial charge in [0, 0.05) is 19.8 Å². The van der Waals surface area contributed by atoms with Gasteiger partial charge in [-0.25, -0.2) is 0 Å². The molecule has 0 spiro atoms. The van der Waals surface area contributed by atoms with Gasteiger partial charge in [0.25, 0.3) is 0 Å². The molecule has 0 aromatic rings. The first-order valence-corrected chi connectivity index (χ1v) is 4.26. The van der Waals surface area contributed by atoms with Crippen molar-refractivity contribution in [3.63, 3.8) is 0 Å². The summed E-state index contributed by atoms with van der Waals surface area (Å²) < 4.78 is 5.33. The molecule has 0 heterocycles. The highest BCUT2D eigenvalue weighted by atomic mass is 16.5. The maximum Gasteiger partial charge on any atom is 0.185 e. The van der Waals surface area contributed by atoms with Gasteiger partial charge in [-0.15, -0.1) is 0 Å². The number of nitrogens with two attached hydrogens (primary N) is 2. The first-order chi connectivity index (χ1) is 5.63. The summed E-state index contributed by atoms with van der Waals surface area (Å²) in [4.78, 5) is 3.83. The maximum atomic E-state index is 5.33. The van der Waals surface area contributed by atoms with Gasteiger partial charge in [0.15, 0.2) is 5.96 Å². The van der Waals surface area contributed by atoms with Gasteiger partial charge >= 0.3 is 0 Å². The number of hydrogen-bond donors (Lipinski definition) is 2. The van der Waals surface area contributed by atoms with Gasteiger partial charge in [-0.2, -0.15) is 0 Å². The van der Waals surface area contributed by atoms with Crippen LogP contribution in [0, 0.1) is 5.92 Å². The summed E-state index contributed by atoms with van der Waals surface area (Å²) in [5, 5.41) is 0. The summed E-state index contributed by atoms with van der Waals surface area (Å²) >= 11 is 0. The van der Waals surface area contributed by atoms with Crippen molar-refractivity contribution in [1.82, 2.24) is 0 Å². The van der Waals surface area contributed by atoms with Gasteiger partial charge in [-0.05, 0) is 12.3 Å². The Morgan fingerprint density at radius 2 is 2.08 bits per heavy atom. The molecule has 0 saturated heterocycles. The Balaban J connectivity index is 3.06. The molecule has 0 saturated carbocycles. The molecule has 4 N–H and O–H groups in total. The second-order valence-electron chi connectivity index (χ2n) is 3.13. The zero-order chi connectivity index (χ0) is 9.40. The molecule has 4 heteroatoms. The predicted molar refractivity (Wildman–Crippen MR) is 51.0 cm³/mol. The molecule has 12 heavy (non-hydrogen) atoms. The largest absolute Gasteiger partial charge is 0.381 e. The highest BCUT2D eigenvalue weighted by molar-refractivity contribution is 5.75. The van der Waals surface area contributed by atoms with E-state index >= 15 is 0 Å². The summed E-state index contributed by atoms with van der Waals surface area (Å²) in [7, 11) is 0. The summed E-state index contributed by atoms with van der Waals surface area (Å²) in [6.45, 7) is 6.43. The first kappa shape index (κ1) is 11.2. The Morgan fingerprint density at radius 3 is 2.58 bits per heavy atom. The summed E-state index contributed by atoms with van der Waals surface area (Å²) in [5.74, 6) is 0.743. The zero-order valence-electron chi connectivity index (χ0n) is 7.92. The number of nitrogens with zero attached hydrogens (tertiary/aromatic N) is 1. The van der Waals surface area contributed by atoms with Crippen molar-refractivity contribution in [1.29, 1.82) is 0 Å². The molecule has 0 rings (SSSR count). The number of guanidine groups is 1. The van der Waals surface area contributed by atoms with Crippen molar-refractivity contribution in [2.75, 3.05) is 19.8 Å². The lowest BCUT2D eigenvalue weighted by Crippen LogP contribution is -2.23. The smallest absolute Gasteiger partial charge is 0.185 e. The van der Waals surface area contributed by atoms with Crippen LogP contribution in [0.15, 0.2) is 4.99 Å². The standard InChI is InChI=1S/C8H19N3O/c1-7(2)6-12-5-3-4-11-8(9)10/h7H,3-6H2,1-2H3,(H4,9,10,11). The maximum absolute atomic E-state index is 5.33. The molecule has 72 valence electrons. The zero-order valence-corrected chi connectivity index (χ0v) is 7.92. The van der Waals surface area contributed by atoms with Gasteiger partial charge < -0.3 is 16.2 Å². The molecule has 0 aliphatic carbocycles. The average Bonchev–Trinajstić information content (AvgIpc) is 1.95. The highest BCUT2D eigenvalue weighted by Crippen LogP contribution is 1.93. The summed E-state index contributed by atoms with van der Waals surface area (Å²) in [5.41, 5.74) is 10.3. The minimum Gasteiger partial charge on any atom is -0.381 e. The van der Waals surface area contributed by atoms with Crippen LogP contribution in [0.5, 0.6) is 0 Å². The van der Waals surface area contributed by atoms with E-state index in [1.54, 1.807) is 0 Å². The summed E-state index contributed by atoms with van der Waals surface area (Å²) in [6, 6.07) is 0. The van der Waals surface area contributed by atoms with E-state index in [2.05, 4.69) is 18.8 Å². The summed E-state index contributed by atoms with van der Waals surface area (Å²) in [6.07, 6.45) is 0.880. The minimum atomic E-state index is 0.152. The Hall–Kier alpha value is -0.770. The van der Waals surface area contributed by atoms with E-state index in [0.717, 1.165) is 19.6 Å². The third-order valence-corrected chi connectivity index (χ3v) is 1.19. The van der Waals surface area contributed by atoms with Crippen molar-refractivity contribution in [2.45, 2.75) is 20.3 Å². The van der Waals surface area contributed by atoms with Crippen LogP contribution in [-0.4, -0.2) is 25.7 Å². The molecule has 4 nitrogen and oxygen atoms in total. The third kappa shape index (κ3) is 9.23. The highest BCUT2D eigenvalue weighted by Gasteiger charge is 1.92. The second-order valence-corrected chi connectivity index (χ2v) is 3.13. The van der Waals surface area contributed by atoms with Crippen LogP contribution >= 0.6 is 0 Å². The predicted octanol–water partition coefficient (Wildman–Crippen LogP) is 0.323. The fourth-order valence-corrected chi connectivity index (χ4v) is 0.694. The van der Waals surface area contributed by atoms with Crippen molar-refractivity contribution in [2.24, 2.45) is 22.4 Å². The van der Waals surface area contributed by atoms with Gasteiger partial charge in [0.05, 0.1) is 0 Å². The van der Waals surface area contributed by atoms with E-state index in [1.807, 2.05) is 0 Å². The van der Waals surface area contributed by atoms with Gasteiger partial charge in [-0.3, -0.25) is 4.99 Å². The van der Waals surface area contributed by atoms with Crippen molar-refractivity contribution < 1.29 is 4.74 Å². The molecular formula is C8H19N3O. The number of aliphatic imine (C=N–C) groups is 1. The number of rotatable bonds is 6. The molecule has 0 atom stereocenters. The first-order valence-electron chi connectivity index (χ1n) is 4.26. The van der Waals surface area contributed by atoms with Crippen LogP contribution in [0.1, 0.15) is 20.3 Å². The van der Waals surface area contributed by atoms with Gasteiger partial charge in [0.2, 0.25) is 0 Å². The van der Waals surface area contributed by atoms with Crippen molar-refractivity contribution >= 4 is 5.96 Å². The fraction of sp³-hybridized carbons (Fsp3) is 0.875. The average molecular weight is 173 g/mol. The molecular weight excluding hydrogens is 154 g/mol. The van der Waals surface area contributed by atoms with Crippen LogP contribution in [0.25, 0.3) is 0 Å². The monoisotopic (exact) mass is 173 g/mol. The molecule has 0 fully saturated rings. The van der Waals surface area contributed by atoms with Crippen LogP contribution in [-0.2, 0) is 4.74 Å². The molecule has 0 amide bonds. The van der Waals surface area contributed by atoms with E-state index in [1.165, 1.54) is 0 Å². The molecule has 0 bridgehead atoms. The molecule has 0 aromatic carbocycles. The Kier molecular flexibility index (Phi) is 6.47. The van der Waals surface area contributed by atoms with E-state index < -0.39 is 0 Å². The van der Waals surface area contributed by atoms with E-state index in [4.69, 9.17) is 16.2 Å². The van der Waals surface area contributed by atoms with Gasteiger partial charge in [0.1, 0.15) is 0 Å². The molecule has 0 aliphatic rings. The van der Waals surface area contributed by atoms with Crippen LogP contribution < -0.4 is 11.5 Å². The van der Waals surface area contributed by atoms with Crippen molar-refractivity contribution in [3.05, 3.63) is 0 Å². The Bertz CT molecular complexity index is 130. The van der Waals surface area contributed by atoms with Crippen LogP contribution in [0.4, 0.5) is 0 Å². The van der Waals surface area contributed by atoms with Gasteiger partial charge in [-0.1, -0.05) is 13.8 Å². The fourth-order valence-electron chi connectivity index (χ4n) is 0.694. The quantitative estimate of drug-likeness (QED) is 0.345. The molecule has 0 unspecified atom stereocenters. The normalized spacial score (nSPS) is 10.2. The molecule has 0 radical (unpaired) electrons. The van der Waals surface area contributed by atoms with E-state index in [0.29, 0.717) is 12.5 Å². The van der Waals surface area contributed by atoms with Crippen LogP contribution in [0.2, 0.25) is 0 Å². The number of ether oxygens (including phenoxy) is 1. The molecule has 0 aromatic heterocycles. The molecule has 0 aliphatic heterocycles. The number of hydrogen-bond acceptors (Lipinski definition) is 2. The SMILES string of the molecule is CC(C)COCCCN=C(N)N. The second kappa shape index (κ2) is 6.91. The topological polar surface area (TPSA) is 73.6 Å². The van der Waals surface area contributed by atoms with Crippen LogP contribution in [0.3, 0.4) is 0 Å². The third-order valence-electron chi connectivity index (χ3n) is 1.19. The van der Waals surface area contributed by atoms with Crippen molar-refractivity contribution in [3.8, 4) is 0 Å². The van der Waals surface area contributed by atoms with E-state index in [9.17, 15) is 0 Å². The minimum absolute atomic E-state index is 0.152. The Morgan fingerprint density at radius 1 is 1.42 bits per heavy atom. The Labute approximate surface area is 74.0 Å². The lowest BCUT2D eigenvalue weighted by molar-refractivity contribution is 0.109. The lowest BCUT2D eigenvalue weighted by atomic mass is 10.2.